The highest BCUT2D eigenvalue weighted by Crippen LogP contribution is 2.17. The lowest BCUT2D eigenvalue weighted by atomic mass is 10.1. The van der Waals surface area contributed by atoms with Gasteiger partial charge in [0.25, 0.3) is 5.91 Å². The van der Waals surface area contributed by atoms with Crippen molar-refractivity contribution in [1.82, 2.24) is 9.38 Å². The second kappa shape index (κ2) is 6.87. The number of anilines is 1. The monoisotopic (exact) mass is 321 g/mol. The minimum Gasteiger partial charge on any atom is -0.321 e. The van der Waals surface area contributed by atoms with Gasteiger partial charge in [-0.2, -0.15) is 0 Å². The van der Waals surface area contributed by atoms with Crippen LogP contribution >= 0.6 is 0 Å². The van der Waals surface area contributed by atoms with Crippen molar-refractivity contribution in [3.05, 3.63) is 65.1 Å². The average molecular weight is 321 g/mol. The first-order valence-corrected chi connectivity index (χ1v) is 8.44. The summed E-state index contributed by atoms with van der Waals surface area (Å²) >= 11 is 0. The van der Waals surface area contributed by atoms with Crippen molar-refractivity contribution >= 4 is 17.2 Å². The summed E-state index contributed by atoms with van der Waals surface area (Å²) in [4.78, 5) is 17.2. The number of nitrogens with one attached hydrogen (secondary N) is 1. The third-order valence-corrected chi connectivity index (χ3v) is 4.19. The number of imidazole rings is 1. The molecule has 0 unspecified atom stereocenters. The van der Waals surface area contributed by atoms with Crippen LogP contribution < -0.4 is 5.32 Å². The van der Waals surface area contributed by atoms with Crippen LogP contribution in [0.4, 0.5) is 5.69 Å². The molecule has 0 aliphatic rings. The fourth-order valence-electron chi connectivity index (χ4n) is 2.87. The highest BCUT2D eigenvalue weighted by molar-refractivity contribution is 6.04. The molecule has 0 spiro atoms. The van der Waals surface area contributed by atoms with Crippen molar-refractivity contribution in [2.45, 2.75) is 40.0 Å². The lowest BCUT2D eigenvalue weighted by Crippen LogP contribution is -2.15. The Balaban J connectivity index is 1.82. The second-order valence-electron chi connectivity index (χ2n) is 6.24. The van der Waals surface area contributed by atoms with E-state index in [1.54, 1.807) is 0 Å². The molecule has 0 saturated carbocycles. The Labute approximate surface area is 142 Å². The van der Waals surface area contributed by atoms with Gasteiger partial charge in [0.15, 0.2) is 0 Å². The fourth-order valence-corrected chi connectivity index (χ4v) is 2.87. The first kappa shape index (κ1) is 16.2. The van der Waals surface area contributed by atoms with E-state index in [1.165, 1.54) is 18.4 Å². The summed E-state index contributed by atoms with van der Waals surface area (Å²) in [6.07, 6.45) is 5.39. The Kier molecular flexibility index (Phi) is 4.65. The third-order valence-electron chi connectivity index (χ3n) is 4.19. The number of aromatic nitrogens is 2. The van der Waals surface area contributed by atoms with Crippen LogP contribution in [0.25, 0.3) is 5.65 Å². The maximum Gasteiger partial charge on any atom is 0.274 e. The van der Waals surface area contributed by atoms with E-state index in [-0.39, 0.29) is 5.91 Å². The van der Waals surface area contributed by atoms with Gasteiger partial charge < -0.3 is 5.32 Å². The molecule has 4 nitrogen and oxygen atoms in total. The molecule has 1 N–H and O–H groups in total. The molecule has 24 heavy (non-hydrogen) atoms. The first-order chi connectivity index (χ1) is 11.6. The Morgan fingerprint density at radius 1 is 1.12 bits per heavy atom. The summed E-state index contributed by atoms with van der Waals surface area (Å²) in [7, 11) is 0. The molecule has 0 saturated heterocycles. The summed E-state index contributed by atoms with van der Waals surface area (Å²) in [6.45, 7) is 6.06. The number of rotatable bonds is 5. The van der Waals surface area contributed by atoms with Crippen LogP contribution in [0.3, 0.4) is 0 Å². The number of benzene rings is 1. The molecule has 1 aromatic carbocycles. The van der Waals surface area contributed by atoms with Gasteiger partial charge in [0.1, 0.15) is 11.3 Å². The lowest BCUT2D eigenvalue weighted by molar-refractivity contribution is 0.102. The van der Waals surface area contributed by atoms with Crippen LogP contribution in [-0.2, 0) is 6.42 Å². The van der Waals surface area contributed by atoms with E-state index in [2.05, 4.69) is 29.4 Å². The van der Waals surface area contributed by atoms with Gasteiger partial charge in [0.2, 0.25) is 0 Å². The van der Waals surface area contributed by atoms with Gasteiger partial charge in [-0.15, -0.1) is 0 Å². The van der Waals surface area contributed by atoms with Crippen LogP contribution in [0.2, 0.25) is 0 Å². The molecular weight excluding hydrogens is 298 g/mol. The average Bonchev–Trinajstić information content (AvgIpc) is 2.89. The van der Waals surface area contributed by atoms with Gasteiger partial charge in [-0.25, -0.2) is 4.98 Å². The van der Waals surface area contributed by atoms with E-state index in [9.17, 15) is 4.79 Å². The Morgan fingerprint density at radius 3 is 2.58 bits per heavy atom. The molecule has 3 rings (SSSR count). The topological polar surface area (TPSA) is 46.4 Å². The number of aryl methyl sites for hydroxylation is 3. The number of hydrogen-bond donors (Lipinski definition) is 1. The maximum absolute atomic E-state index is 12.7. The van der Waals surface area contributed by atoms with E-state index in [0.717, 1.165) is 29.0 Å². The molecule has 0 aliphatic heterocycles. The highest BCUT2D eigenvalue weighted by Gasteiger charge is 2.16. The molecule has 2 aromatic heterocycles. The predicted molar refractivity (Wildman–Crippen MR) is 97.7 cm³/mol. The molecule has 0 bridgehead atoms. The van der Waals surface area contributed by atoms with Crippen molar-refractivity contribution in [2.24, 2.45) is 0 Å². The van der Waals surface area contributed by atoms with Gasteiger partial charge in [-0.1, -0.05) is 31.5 Å². The van der Waals surface area contributed by atoms with E-state index in [0.29, 0.717) is 5.69 Å². The zero-order chi connectivity index (χ0) is 17.1. The van der Waals surface area contributed by atoms with Crippen LogP contribution in [-0.4, -0.2) is 15.3 Å². The highest BCUT2D eigenvalue weighted by atomic mass is 16.2. The van der Waals surface area contributed by atoms with E-state index >= 15 is 0 Å². The number of unbranched alkanes of at least 4 members (excludes halogenated alkanes) is 1. The number of pyridine rings is 1. The number of fused-ring (bicyclic) bond motifs is 1. The number of nitrogens with zero attached hydrogens (tertiary/aromatic N) is 2. The van der Waals surface area contributed by atoms with Gasteiger partial charge in [-0.05, 0) is 56.0 Å². The standard InChI is InChI=1S/C20H23N3O/c1-4-5-6-16-8-10-17(11-9-16)22-20(24)19-15(3)21-18-12-7-14(2)13-23(18)19/h7-13H,4-6H2,1-3H3,(H,22,24). The Morgan fingerprint density at radius 2 is 1.88 bits per heavy atom. The summed E-state index contributed by atoms with van der Waals surface area (Å²) in [5, 5.41) is 2.98. The molecular formula is C20H23N3O. The SMILES string of the molecule is CCCCc1ccc(NC(=O)c2c(C)nc3ccc(C)cn23)cc1. The summed E-state index contributed by atoms with van der Waals surface area (Å²) in [5.41, 5.74) is 5.31. The summed E-state index contributed by atoms with van der Waals surface area (Å²) in [6, 6.07) is 12.0. The Bertz CT molecular complexity index is 862. The predicted octanol–water partition coefficient (Wildman–Crippen LogP) is 4.55. The second-order valence-corrected chi connectivity index (χ2v) is 6.24. The van der Waals surface area contributed by atoms with Crippen LogP contribution in [0.15, 0.2) is 42.6 Å². The molecule has 4 heteroatoms. The van der Waals surface area contributed by atoms with E-state index < -0.39 is 0 Å². The molecule has 0 radical (unpaired) electrons. The van der Waals surface area contributed by atoms with Crippen molar-refractivity contribution in [3.8, 4) is 0 Å². The quantitative estimate of drug-likeness (QED) is 0.749. The van der Waals surface area contributed by atoms with E-state index in [4.69, 9.17) is 0 Å². The molecule has 1 amide bonds. The van der Waals surface area contributed by atoms with E-state index in [1.807, 2.05) is 48.7 Å². The van der Waals surface area contributed by atoms with Crippen LogP contribution in [0.1, 0.15) is 47.1 Å². The van der Waals surface area contributed by atoms with Gasteiger partial charge in [-0.3, -0.25) is 9.20 Å². The molecule has 124 valence electrons. The van der Waals surface area contributed by atoms with Crippen molar-refractivity contribution in [1.29, 1.82) is 0 Å². The Hall–Kier alpha value is -2.62. The molecule has 3 aromatic rings. The van der Waals surface area contributed by atoms with Gasteiger partial charge in [0, 0.05) is 11.9 Å². The number of hydrogen-bond acceptors (Lipinski definition) is 2. The maximum atomic E-state index is 12.7. The van der Waals surface area contributed by atoms with Crippen molar-refractivity contribution in [2.75, 3.05) is 5.32 Å². The zero-order valence-electron chi connectivity index (χ0n) is 14.5. The van der Waals surface area contributed by atoms with Gasteiger partial charge in [0.05, 0.1) is 5.69 Å². The fraction of sp³-hybridized carbons (Fsp3) is 0.300. The van der Waals surface area contributed by atoms with Crippen LogP contribution in [0.5, 0.6) is 0 Å². The normalized spacial score (nSPS) is 11.0. The summed E-state index contributed by atoms with van der Waals surface area (Å²) < 4.78 is 1.86. The number of amides is 1. The van der Waals surface area contributed by atoms with Crippen molar-refractivity contribution in [3.63, 3.8) is 0 Å². The minimum atomic E-state index is -0.132. The molecule has 2 heterocycles. The zero-order valence-corrected chi connectivity index (χ0v) is 14.5. The van der Waals surface area contributed by atoms with Crippen molar-refractivity contribution < 1.29 is 4.79 Å². The molecule has 0 aliphatic carbocycles. The molecule has 0 fully saturated rings. The van der Waals surface area contributed by atoms with Gasteiger partial charge >= 0.3 is 0 Å². The minimum absolute atomic E-state index is 0.132. The lowest BCUT2D eigenvalue weighted by Gasteiger charge is -2.08. The smallest absolute Gasteiger partial charge is 0.274 e. The largest absolute Gasteiger partial charge is 0.321 e. The molecule has 0 atom stereocenters. The first-order valence-electron chi connectivity index (χ1n) is 8.44. The number of carbonyl (C=O) groups is 1. The summed E-state index contributed by atoms with van der Waals surface area (Å²) in [5.74, 6) is -0.132. The number of carbonyl (C=O) groups excluding carboxylic acids is 1. The third kappa shape index (κ3) is 3.32. The van der Waals surface area contributed by atoms with Crippen LogP contribution in [0, 0.1) is 13.8 Å².